The van der Waals surface area contributed by atoms with E-state index in [2.05, 4.69) is 57.4 Å². The van der Waals surface area contributed by atoms with E-state index in [0.717, 1.165) is 11.4 Å². The Morgan fingerprint density at radius 1 is 1.16 bits per heavy atom. The number of nitrogens with zero attached hydrogens (tertiary/aromatic N) is 2. The van der Waals surface area contributed by atoms with E-state index in [1.54, 1.807) is 7.11 Å². The molecule has 0 atom stereocenters. The predicted molar refractivity (Wildman–Crippen MR) is 85.4 cm³/mol. The lowest BCUT2D eigenvalue weighted by Gasteiger charge is -2.06. The van der Waals surface area contributed by atoms with Crippen molar-refractivity contribution in [3.8, 4) is 17.0 Å². The van der Waals surface area contributed by atoms with E-state index in [0.29, 0.717) is 0 Å². The minimum atomic E-state index is 0.871. The van der Waals surface area contributed by atoms with E-state index in [-0.39, 0.29) is 0 Å². The van der Waals surface area contributed by atoms with Crippen molar-refractivity contribution in [3.63, 3.8) is 0 Å². The van der Waals surface area contributed by atoms with E-state index in [4.69, 9.17) is 4.74 Å². The van der Waals surface area contributed by atoms with Crippen LogP contribution < -0.4 is 4.74 Å². The zero-order valence-corrected chi connectivity index (χ0v) is 12.9. The average Bonchev–Trinajstić information content (AvgIpc) is 2.72. The highest BCUT2D eigenvalue weighted by atomic mass is 127. The minimum Gasteiger partial charge on any atom is -0.497 e. The van der Waals surface area contributed by atoms with Crippen LogP contribution in [-0.4, -0.2) is 16.7 Å². The van der Waals surface area contributed by atoms with Crippen LogP contribution in [0.2, 0.25) is 0 Å². The van der Waals surface area contributed by atoms with Crippen LogP contribution in [0.5, 0.6) is 5.75 Å². The van der Waals surface area contributed by atoms with Crippen molar-refractivity contribution < 1.29 is 4.74 Å². The fourth-order valence-corrected chi connectivity index (χ4v) is 3.38. The van der Waals surface area contributed by atoms with Gasteiger partial charge >= 0.3 is 0 Å². The molecule has 0 fully saturated rings. The highest BCUT2D eigenvalue weighted by Crippen LogP contribution is 2.33. The van der Waals surface area contributed by atoms with Crippen LogP contribution in [0.4, 0.5) is 0 Å². The lowest BCUT2D eigenvalue weighted by molar-refractivity contribution is 0.415. The fraction of sp³-hybridized carbons (Fsp3) is 0.133. The Morgan fingerprint density at radius 3 is 2.53 bits per heavy atom. The Hall–Kier alpha value is -1.56. The smallest absolute Gasteiger partial charge is 0.141 e. The third kappa shape index (κ3) is 2.00. The number of rotatable bonds is 2. The zero-order valence-electron chi connectivity index (χ0n) is 10.7. The number of aromatic nitrogens is 2. The maximum Gasteiger partial charge on any atom is 0.141 e. The van der Waals surface area contributed by atoms with Crippen molar-refractivity contribution in [2.24, 2.45) is 7.05 Å². The standard InChI is InChI=1S/C15H13IN2O/c1-18-14(10-5-7-11(19-2)8-6-10)13(16)12-4-3-9-17-15(12)18/h3-9H,1-2H3. The SMILES string of the molecule is COc1ccc(-c2c(I)c3cccnc3n2C)cc1. The molecule has 3 nitrogen and oxygen atoms in total. The Kier molecular flexibility index (Phi) is 3.18. The van der Waals surface area contributed by atoms with Gasteiger partial charge in [-0.05, 0) is 64.6 Å². The summed E-state index contributed by atoms with van der Waals surface area (Å²) in [4.78, 5) is 4.45. The zero-order chi connectivity index (χ0) is 13.4. The monoisotopic (exact) mass is 364 g/mol. The average molecular weight is 364 g/mol. The molecule has 19 heavy (non-hydrogen) atoms. The molecule has 0 spiro atoms. The van der Waals surface area contributed by atoms with Gasteiger partial charge in [-0.15, -0.1) is 0 Å². The van der Waals surface area contributed by atoms with Crippen LogP contribution in [0.3, 0.4) is 0 Å². The molecule has 96 valence electrons. The molecule has 0 radical (unpaired) electrons. The number of hydrogen-bond donors (Lipinski definition) is 0. The summed E-state index contributed by atoms with van der Waals surface area (Å²) >= 11 is 2.39. The first-order valence-corrected chi connectivity index (χ1v) is 7.03. The summed E-state index contributed by atoms with van der Waals surface area (Å²) in [5.74, 6) is 0.871. The third-order valence-corrected chi connectivity index (χ3v) is 4.34. The van der Waals surface area contributed by atoms with Gasteiger partial charge in [0.1, 0.15) is 11.4 Å². The third-order valence-electron chi connectivity index (χ3n) is 3.25. The van der Waals surface area contributed by atoms with Gasteiger partial charge in [0.15, 0.2) is 0 Å². The van der Waals surface area contributed by atoms with Gasteiger partial charge in [-0.25, -0.2) is 4.98 Å². The lowest BCUT2D eigenvalue weighted by atomic mass is 10.1. The Bertz CT molecular complexity index is 693. The normalized spacial score (nSPS) is 10.9. The van der Waals surface area contributed by atoms with Crippen LogP contribution in [0.25, 0.3) is 22.3 Å². The molecule has 3 rings (SSSR count). The Morgan fingerprint density at radius 2 is 1.89 bits per heavy atom. The summed E-state index contributed by atoms with van der Waals surface area (Å²) in [6.07, 6.45) is 1.83. The summed E-state index contributed by atoms with van der Waals surface area (Å²) in [7, 11) is 3.73. The van der Waals surface area contributed by atoms with Crippen molar-refractivity contribution in [2.45, 2.75) is 0 Å². The number of halogens is 1. The number of ether oxygens (including phenoxy) is 1. The molecule has 0 saturated heterocycles. The number of hydrogen-bond acceptors (Lipinski definition) is 2. The van der Waals surface area contributed by atoms with Crippen molar-refractivity contribution in [2.75, 3.05) is 7.11 Å². The summed E-state index contributed by atoms with van der Waals surface area (Å²) in [6.45, 7) is 0. The number of benzene rings is 1. The largest absolute Gasteiger partial charge is 0.497 e. The molecule has 0 aliphatic rings. The molecule has 0 unspecified atom stereocenters. The second-order valence-corrected chi connectivity index (χ2v) is 5.40. The van der Waals surface area contributed by atoms with Crippen molar-refractivity contribution in [1.29, 1.82) is 0 Å². The van der Waals surface area contributed by atoms with Crippen LogP contribution in [-0.2, 0) is 7.05 Å². The molecule has 1 aromatic carbocycles. The van der Waals surface area contributed by atoms with Gasteiger partial charge in [0.25, 0.3) is 0 Å². The number of pyridine rings is 1. The van der Waals surface area contributed by atoms with Crippen molar-refractivity contribution in [1.82, 2.24) is 9.55 Å². The molecule has 3 aromatic rings. The lowest BCUT2D eigenvalue weighted by Crippen LogP contribution is -1.93. The highest BCUT2D eigenvalue weighted by molar-refractivity contribution is 14.1. The number of methoxy groups -OCH3 is 1. The van der Waals surface area contributed by atoms with Crippen LogP contribution >= 0.6 is 22.6 Å². The van der Waals surface area contributed by atoms with Crippen LogP contribution in [0.1, 0.15) is 0 Å². The molecule has 2 heterocycles. The Labute approximate surface area is 125 Å². The fourth-order valence-electron chi connectivity index (χ4n) is 2.29. The van der Waals surface area contributed by atoms with E-state index < -0.39 is 0 Å². The first kappa shape index (κ1) is 12.5. The van der Waals surface area contributed by atoms with Gasteiger partial charge in [0.05, 0.1) is 12.8 Å². The van der Waals surface area contributed by atoms with Crippen molar-refractivity contribution >= 4 is 33.6 Å². The van der Waals surface area contributed by atoms with Gasteiger partial charge in [0.2, 0.25) is 0 Å². The van der Waals surface area contributed by atoms with E-state index in [1.807, 2.05) is 24.4 Å². The molecule has 0 N–H and O–H groups in total. The molecule has 0 saturated carbocycles. The van der Waals surface area contributed by atoms with E-state index in [1.165, 1.54) is 20.2 Å². The summed E-state index contributed by atoms with van der Waals surface area (Å²) < 4.78 is 8.57. The first-order valence-electron chi connectivity index (χ1n) is 5.95. The van der Waals surface area contributed by atoms with Gasteiger partial charge in [-0.1, -0.05) is 0 Å². The molecule has 0 bridgehead atoms. The summed E-state index contributed by atoms with van der Waals surface area (Å²) in [6, 6.07) is 12.2. The van der Waals surface area contributed by atoms with Crippen molar-refractivity contribution in [3.05, 3.63) is 46.2 Å². The van der Waals surface area contributed by atoms with E-state index in [9.17, 15) is 0 Å². The summed E-state index contributed by atoms with van der Waals surface area (Å²) in [5.41, 5.74) is 3.38. The highest BCUT2D eigenvalue weighted by Gasteiger charge is 2.14. The van der Waals surface area contributed by atoms with Gasteiger partial charge < -0.3 is 9.30 Å². The van der Waals surface area contributed by atoms with E-state index >= 15 is 0 Å². The second kappa shape index (κ2) is 4.85. The molecule has 0 amide bonds. The van der Waals surface area contributed by atoms with Gasteiger partial charge in [0, 0.05) is 22.2 Å². The maximum atomic E-state index is 5.20. The molecular formula is C15H13IN2O. The quantitative estimate of drug-likeness (QED) is 0.646. The van der Waals surface area contributed by atoms with Gasteiger partial charge in [-0.2, -0.15) is 0 Å². The molecule has 4 heteroatoms. The van der Waals surface area contributed by atoms with Crippen LogP contribution in [0, 0.1) is 3.57 Å². The second-order valence-electron chi connectivity index (χ2n) is 4.32. The first-order chi connectivity index (χ1) is 9.22. The summed E-state index contributed by atoms with van der Waals surface area (Å²) in [5, 5.41) is 1.19. The molecule has 2 aromatic heterocycles. The van der Waals surface area contributed by atoms with Crippen LogP contribution in [0.15, 0.2) is 42.6 Å². The Balaban J connectivity index is 2.24. The van der Waals surface area contributed by atoms with Gasteiger partial charge in [-0.3, -0.25) is 0 Å². The molecular weight excluding hydrogens is 351 g/mol. The maximum absolute atomic E-state index is 5.20. The predicted octanol–water partition coefficient (Wildman–Crippen LogP) is 3.85. The molecule has 0 aliphatic heterocycles. The minimum absolute atomic E-state index is 0.871. The molecule has 0 aliphatic carbocycles. The topological polar surface area (TPSA) is 27.1 Å². The number of aryl methyl sites for hydroxylation is 1. The number of fused-ring (bicyclic) bond motifs is 1.